The van der Waals surface area contributed by atoms with Crippen molar-refractivity contribution in [2.45, 2.75) is 110 Å². The summed E-state index contributed by atoms with van der Waals surface area (Å²) < 4.78 is 0. The Morgan fingerprint density at radius 2 is 0.909 bits per heavy atom. The van der Waals surface area contributed by atoms with E-state index in [1.165, 1.54) is 83.5 Å². The number of hydrogen-bond acceptors (Lipinski definition) is 1. The smallest absolute Gasteiger partial charge is 0.303 e. The van der Waals surface area contributed by atoms with Crippen molar-refractivity contribution in [3.8, 4) is 0 Å². The van der Waals surface area contributed by atoms with E-state index in [1.54, 1.807) is 0 Å². The Hall–Kier alpha value is 1.96. The summed E-state index contributed by atoms with van der Waals surface area (Å²) in [5, 5.41) is 8.52. The van der Waals surface area contributed by atoms with Crippen LogP contribution in [0.4, 0.5) is 0 Å². The maximum atomic E-state index is 10.3. The van der Waals surface area contributed by atoms with Gasteiger partial charge in [0.2, 0.25) is 0 Å². The Morgan fingerprint density at radius 3 is 1.18 bits per heavy atom. The summed E-state index contributed by atoms with van der Waals surface area (Å²) in [6.07, 6.45) is 20.2. The Kier molecular flexibility index (Phi) is 32.9. The van der Waals surface area contributed by atoms with Crippen LogP contribution in [-0.4, -0.2) is 60.0 Å². The first kappa shape index (κ1) is 28.8. The molecule has 2 nitrogen and oxygen atoms in total. The number of carboxylic acid groups (broad SMARTS) is 1. The average molecular weight is 534 g/mol. The molecule has 0 fully saturated rings. The molecule has 0 amide bonds. The molecule has 0 aliphatic heterocycles. The molecule has 0 aromatic rings. The fourth-order valence-electron chi connectivity index (χ4n) is 2.65. The van der Waals surface area contributed by atoms with Crippen molar-refractivity contribution in [3.63, 3.8) is 0 Å². The summed E-state index contributed by atoms with van der Waals surface area (Å²) in [5.41, 5.74) is 0. The van der Waals surface area contributed by atoms with Crippen molar-refractivity contribution in [2.24, 2.45) is 0 Å². The van der Waals surface area contributed by atoms with E-state index >= 15 is 0 Å². The molecular formula is C18H36BaCdO2. The molecule has 1 N–H and O–H groups in total. The molecular weight excluding hydrogens is 498 g/mol. The van der Waals surface area contributed by atoms with E-state index in [0.717, 1.165) is 12.8 Å². The number of rotatable bonds is 16. The van der Waals surface area contributed by atoms with Gasteiger partial charge in [-0.05, 0) is 6.42 Å². The molecule has 0 aromatic carbocycles. The van der Waals surface area contributed by atoms with Crippen LogP contribution in [0.5, 0.6) is 0 Å². The van der Waals surface area contributed by atoms with Crippen molar-refractivity contribution < 1.29 is 37.2 Å². The molecule has 0 saturated carbocycles. The van der Waals surface area contributed by atoms with Gasteiger partial charge < -0.3 is 5.11 Å². The number of unbranched alkanes of at least 4 members (excludes halogenated alkanes) is 14. The zero-order chi connectivity index (χ0) is 14.9. The topological polar surface area (TPSA) is 37.3 Å². The van der Waals surface area contributed by atoms with E-state index in [9.17, 15) is 4.79 Å². The summed E-state index contributed by atoms with van der Waals surface area (Å²) in [4.78, 5) is 10.3. The molecule has 22 heavy (non-hydrogen) atoms. The van der Waals surface area contributed by atoms with Gasteiger partial charge in [-0.1, -0.05) is 96.8 Å². The van der Waals surface area contributed by atoms with Gasteiger partial charge in [-0.25, -0.2) is 0 Å². The largest absolute Gasteiger partial charge is 0.481 e. The van der Waals surface area contributed by atoms with Gasteiger partial charge in [-0.2, -0.15) is 0 Å². The standard InChI is InChI=1S/C18H36O2.Ba.Cd/c1-2-3-4-5-6-7-8-9-10-11-12-13-14-15-16-17-18(19)20;;/h2-17H2,1H3,(H,19,20);;. The summed E-state index contributed by atoms with van der Waals surface area (Å²) in [7, 11) is 0. The first-order chi connectivity index (χ1) is 9.77. The van der Waals surface area contributed by atoms with Crippen LogP contribution in [0.2, 0.25) is 0 Å². The van der Waals surface area contributed by atoms with Gasteiger partial charge in [0.05, 0.1) is 0 Å². The number of carbonyl (C=O) groups is 1. The zero-order valence-corrected chi connectivity index (χ0v) is 23.6. The van der Waals surface area contributed by atoms with E-state index in [0.29, 0.717) is 6.42 Å². The van der Waals surface area contributed by atoms with Crippen molar-refractivity contribution in [1.82, 2.24) is 0 Å². The second-order valence-electron chi connectivity index (χ2n) is 6.09. The normalized spacial score (nSPS) is 9.86. The minimum absolute atomic E-state index is 0. The zero-order valence-electron chi connectivity index (χ0n) is 15.1. The van der Waals surface area contributed by atoms with Crippen molar-refractivity contribution >= 4 is 54.9 Å². The molecule has 0 unspecified atom stereocenters. The molecule has 0 rings (SSSR count). The Labute approximate surface area is 199 Å². The molecule has 0 bridgehead atoms. The minimum atomic E-state index is -0.653. The second kappa shape index (κ2) is 25.2. The Bertz CT molecular complexity index is 213. The molecule has 0 atom stereocenters. The van der Waals surface area contributed by atoms with Crippen LogP contribution in [0.1, 0.15) is 110 Å². The SMILES string of the molecule is CCCCCCCCCCCCCCCCCC(=O)O.[Ba].[Cd]. The quantitative estimate of drug-likeness (QED) is 0.197. The molecule has 0 aliphatic carbocycles. The van der Waals surface area contributed by atoms with Crippen LogP contribution in [0.15, 0.2) is 0 Å². The van der Waals surface area contributed by atoms with E-state index in [1.807, 2.05) is 0 Å². The molecule has 4 heteroatoms. The first-order valence-electron chi connectivity index (χ1n) is 8.99. The number of aliphatic carboxylic acids is 1. The van der Waals surface area contributed by atoms with Crippen molar-refractivity contribution in [1.29, 1.82) is 0 Å². The monoisotopic (exact) mass is 536 g/mol. The van der Waals surface area contributed by atoms with Crippen LogP contribution >= 0.6 is 0 Å². The van der Waals surface area contributed by atoms with Crippen LogP contribution in [-0.2, 0) is 32.1 Å². The van der Waals surface area contributed by atoms with Crippen molar-refractivity contribution in [3.05, 3.63) is 0 Å². The van der Waals surface area contributed by atoms with E-state index in [2.05, 4.69) is 6.92 Å². The molecule has 124 valence electrons. The Morgan fingerprint density at radius 1 is 0.636 bits per heavy atom. The second-order valence-corrected chi connectivity index (χ2v) is 6.09. The third-order valence-corrected chi connectivity index (χ3v) is 3.99. The van der Waals surface area contributed by atoms with Crippen molar-refractivity contribution in [2.75, 3.05) is 0 Å². The third kappa shape index (κ3) is 26.8. The maximum Gasteiger partial charge on any atom is 0.303 e. The predicted molar refractivity (Wildman–Crippen MR) is 92.9 cm³/mol. The predicted octanol–water partition coefficient (Wildman–Crippen LogP) is 5.95. The Balaban J connectivity index is -0.00000180. The van der Waals surface area contributed by atoms with Crippen LogP contribution in [0, 0.1) is 0 Å². The molecule has 0 aliphatic rings. The van der Waals surface area contributed by atoms with Gasteiger partial charge in [-0.15, -0.1) is 0 Å². The van der Waals surface area contributed by atoms with Gasteiger partial charge in [0.25, 0.3) is 0 Å². The van der Waals surface area contributed by atoms with Gasteiger partial charge in [0.15, 0.2) is 0 Å². The summed E-state index contributed by atoms with van der Waals surface area (Å²) in [5.74, 6) is -0.653. The molecule has 0 spiro atoms. The number of hydrogen-bond donors (Lipinski definition) is 1. The summed E-state index contributed by atoms with van der Waals surface area (Å²) in [6.45, 7) is 2.27. The van der Waals surface area contributed by atoms with E-state index < -0.39 is 5.97 Å². The van der Waals surface area contributed by atoms with E-state index in [4.69, 9.17) is 5.11 Å². The van der Waals surface area contributed by atoms with Gasteiger partial charge in [0.1, 0.15) is 0 Å². The van der Waals surface area contributed by atoms with Gasteiger partial charge >= 0.3 is 5.97 Å². The molecule has 0 saturated heterocycles. The maximum absolute atomic E-state index is 10.3. The first-order valence-corrected chi connectivity index (χ1v) is 8.99. The fourth-order valence-corrected chi connectivity index (χ4v) is 2.65. The fraction of sp³-hybridized carbons (Fsp3) is 0.944. The van der Waals surface area contributed by atoms with Gasteiger partial charge in [0, 0.05) is 82.6 Å². The van der Waals surface area contributed by atoms with Crippen LogP contribution in [0.3, 0.4) is 0 Å². The number of carboxylic acids is 1. The van der Waals surface area contributed by atoms with Crippen LogP contribution in [0.25, 0.3) is 0 Å². The average Bonchev–Trinajstić information content (AvgIpc) is 2.43. The molecule has 0 heterocycles. The summed E-state index contributed by atoms with van der Waals surface area (Å²) in [6, 6.07) is 0. The molecule has 2 radical (unpaired) electrons. The van der Waals surface area contributed by atoms with E-state index in [-0.39, 0.29) is 76.2 Å². The van der Waals surface area contributed by atoms with Gasteiger partial charge in [-0.3, -0.25) is 4.79 Å². The third-order valence-electron chi connectivity index (χ3n) is 3.99. The molecule has 0 aromatic heterocycles. The van der Waals surface area contributed by atoms with Crippen LogP contribution < -0.4 is 0 Å². The minimum Gasteiger partial charge on any atom is -0.481 e. The summed E-state index contributed by atoms with van der Waals surface area (Å²) >= 11 is 0.